The highest BCUT2D eigenvalue weighted by Crippen LogP contribution is 2.41. The molecule has 0 saturated carbocycles. The summed E-state index contributed by atoms with van der Waals surface area (Å²) in [5.74, 6) is 0. The molecule has 4 aromatic carbocycles. The minimum Gasteiger partial charge on any atom is -0.279 e. The van der Waals surface area contributed by atoms with Crippen LogP contribution in [0.2, 0.25) is 0 Å². The zero-order valence-corrected chi connectivity index (χ0v) is 17.7. The highest BCUT2D eigenvalue weighted by atomic mass is 15.2. The van der Waals surface area contributed by atoms with Gasteiger partial charge in [-0.15, -0.1) is 0 Å². The minimum absolute atomic E-state index is 0.151. The zero-order valence-electron chi connectivity index (χ0n) is 17.7. The Balaban J connectivity index is 1.87. The standard InChI is InChI=1S/C29H29N/c1-23(25-15-7-3-8-16-25)30(24(2)26-17-9-4-10-18-26)29(27-19-11-5-12-20-27)28-21-13-6-14-22-28/h3-24,29H,1-2H3/t23-,24-/m1/s1. The smallest absolute Gasteiger partial charge is 0.0612 e. The maximum atomic E-state index is 2.65. The number of benzene rings is 4. The summed E-state index contributed by atoms with van der Waals surface area (Å²) >= 11 is 0. The Morgan fingerprint density at radius 2 is 0.667 bits per heavy atom. The first-order valence-electron chi connectivity index (χ1n) is 10.7. The van der Waals surface area contributed by atoms with E-state index in [1.807, 2.05) is 0 Å². The van der Waals surface area contributed by atoms with Gasteiger partial charge >= 0.3 is 0 Å². The van der Waals surface area contributed by atoms with E-state index < -0.39 is 0 Å². The molecule has 0 spiro atoms. The van der Waals surface area contributed by atoms with Crippen LogP contribution < -0.4 is 0 Å². The molecule has 0 amide bonds. The van der Waals surface area contributed by atoms with E-state index in [9.17, 15) is 0 Å². The van der Waals surface area contributed by atoms with Crippen LogP contribution in [0.5, 0.6) is 0 Å². The van der Waals surface area contributed by atoms with Gasteiger partial charge in [-0.05, 0) is 36.1 Å². The molecule has 0 fully saturated rings. The lowest BCUT2D eigenvalue weighted by atomic mass is 9.91. The number of hydrogen-bond donors (Lipinski definition) is 0. The normalized spacial score (nSPS) is 13.3. The second-order valence-electron chi connectivity index (χ2n) is 7.84. The van der Waals surface area contributed by atoms with Crippen molar-refractivity contribution in [2.24, 2.45) is 0 Å². The number of nitrogens with zero attached hydrogens (tertiary/aromatic N) is 1. The third-order valence-corrected chi connectivity index (χ3v) is 5.99. The van der Waals surface area contributed by atoms with Crippen molar-refractivity contribution < 1.29 is 0 Å². The van der Waals surface area contributed by atoms with Crippen molar-refractivity contribution in [1.82, 2.24) is 4.90 Å². The van der Waals surface area contributed by atoms with Crippen LogP contribution in [0, 0.1) is 0 Å². The summed E-state index contributed by atoms with van der Waals surface area (Å²) in [6.45, 7) is 4.65. The van der Waals surface area contributed by atoms with Crippen LogP contribution in [0.25, 0.3) is 0 Å². The first kappa shape index (κ1) is 20.1. The van der Waals surface area contributed by atoms with Crippen molar-refractivity contribution in [2.45, 2.75) is 32.0 Å². The van der Waals surface area contributed by atoms with Gasteiger partial charge in [0.2, 0.25) is 0 Å². The van der Waals surface area contributed by atoms with Crippen molar-refractivity contribution in [2.75, 3.05) is 0 Å². The van der Waals surface area contributed by atoms with Gasteiger partial charge in [-0.2, -0.15) is 0 Å². The SMILES string of the molecule is C[C@H](c1ccccc1)N(C(c1ccccc1)c1ccccc1)[C@H](C)c1ccccc1. The molecule has 0 aromatic heterocycles. The summed E-state index contributed by atoms with van der Waals surface area (Å²) in [5.41, 5.74) is 5.29. The first-order valence-corrected chi connectivity index (χ1v) is 10.7. The second-order valence-corrected chi connectivity index (χ2v) is 7.84. The van der Waals surface area contributed by atoms with E-state index in [4.69, 9.17) is 0 Å². The summed E-state index contributed by atoms with van der Waals surface area (Å²) in [4.78, 5) is 2.65. The van der Waals surface area contributed by atoms with Crippen molar-refractivity contribution in [3.63, 3.8) is 0 Å². The Hall–Kier alpha value is -3.16. The van der Waals surface area contributed by atoms with Crippen LogP contribution in [0.3, 0.4) is 0 Å². The molecular weight excluding hydrogens is 362 g/mol. The van der Waals surface area contributed by atoms with Crippen molar-refractivity contribution in [1.29, 1.82) is 0 Å². The van der Waals surface area contributed by atoms with Gasteiger partial charge in [-0.1, -0.05) is 121 Å². The zero-order chi connectivity index (χ0) is 20.8. The number of hydrogen-bond acceptors (Lipinski definition) is 1. The molecule has 0 bridgehead atoms. The molecule has 0 heterocycles. The Morgan fingerprint density at radius 1 is 0.400 bits per heavy atom. The predicted octanol–water partition coefficient (Wildman–Crippen LogP) is 7.60. The van der Waals surface area contributed by atoms with Gasteiger partial charge in [-0.25, -0.2) is 0 Å². The largest absolute Gasteiger partial charge is 0.279 e. The molecular formula is C29H29N. The summed E-state index contributed by atoms with van der Waals surface area (Å²) < 4.78 is 0. The molecule has 0 aliphatic carbocycles. The molecule has 2 atom stereocenters. The van der Waals surface area contributed by atoms with E-state index in [0.29, 0.717) is 0 Å². The molecule has 0 N–H and O–H groups in total. The summed E-state index contributed by atoms with van der Waals surface area (Å²) in [6.07, 6.45) is 0. The van der Waals surface area contributed by atoms with Gasteiger partial charge in [0.05, 0.1) is 6.04 Å². The van der Waals surface area contributed by atoms with Crippen molar-refractivity contribution in [3.05, 3.63) is 144 Å². The molecule has 0 unspecified atom stereocenters. The monoisotopic (exact) mass is 391 g/mol. The third kappa shape index (κ3) is 4.37. The number of rotatable bonds is 7. The fourth-order valence-corrected chi connectivity index (χ4v) is 4.40. The third-order valence-electron chi connectivity index (χ3n) is 5.99. The fourth-order valence-electron chi connectivity index (χ4n) is 4.40. The van der Waals surface area contributed by atoms with E-state index in [0.717, 1.165) is 0 Å². The molecule has 30 heavy (non-hydrogen) atoms. The van der Waals surface area contributed by atoms with Gasteiger partial charge in [0.15, 0.2) is 0 Å². The van der Waals surface area contributed by atoms with E-state index in [2.05, 4.69) is 140 Å². The lowest BCUT2D eigenvalue weighted by Gasteiger charge is -2.42. The lowest BCUT2D eigenvalue weighted by molar-refractivity contribution is 0.114. The maximum absolute atomic E-state index is 2.65. The predicted molar refractivity (Wildman–Crippen MR) is 126 cm³/mol. The van der Waals surface area contributed by atoms with Gasteiger partial charge in [0.25, 0.3) is 0 Å². The average molecular weight is 392 g/mol. The topological polar surface area (TPSA) is 3.24 Å². The first-order chi connectivity index (χ1) is 14.8. The molecule has 4 aromatic rings. The van der Waals surface area contributed by atoms with E-state index in [-0.39, 0.29) is 18.1 Å². The molecule has 0 saturated heterocycles. The Bertz CT molecular complexity index is 928. The van der Waals surface area contributed by atoms with Crippen molar-refractivity contribution in [3.8, 4) is 0 Å². The van der Waals surface area contributed by atoms with Crippen LogP contribution in [0.4, 0.5) is 0 Å². The van der Waals surface area contributed by atoms with Crippen LogP contribution in [-0.4, -0.2) is 4.90 Å². The van der Waals surface area contributed by atoms with Crippen LogP contribution in [0.15, 0.2) is 121 Å². The van der Waals surface area contributed by atoms with Gasteiger partial charge in [0.1, 0.15) is 0 Å². The maximum Gasteiger partial charge on any atom is 0.0612 e. The summed E-state index contributed by atoms with van der Waals surface area (Å²) in [6, 6.07) is 44.1. The van der Waals surface area contributed by atoms with Gasteiger partial charge in [0, 0.05) is 12.1 Å². The van der Waals surface area contributed by atoms with Gasteiger partial charge in [-0.3, -0.25) is 4.90 Å². The molecule has 1 heteroatoms. The van der Waals surface area contributed by atoms with E-state index in [1.165, 1.54) is 22.3 Å². The molecule has 0 radical (unpaired) electrons. The van der Waals surface area contributed by atoms with E-state index in [1.54, 1.807) is 0 Å². The minimum atomic E-state index is 0.151. The molecule has 0 aliphatic rings. The Morgan fingerprint density at radius 3 is 0.967 bits per heavy atom. The summed E-state index contributed by atoms with van der Waals surface area (Å²) in [7, 11) is 0. The average Bonchev–Trinajstić information content (AvgIpc) is 2.84. The quantitative estimate of drug-likeness (QED) is 0.313. The van der Waals surface area contributed by atoms with Crippen LogP contribution in [0.1, 0.15) is 54.2 Å². The highest BCUT2D eigenvalue weighted by molar-refractivity contribution is 5.34. The fraction of sp³-hybridized carbons (Fsp3) is 0.172. The van der Waals surface area contributed by atoms with Crippen LogP contribution >= 0.6 is 0 Å². The highest BCUT2D eigenvalue weighted by Gasteiger charge is 2.31. The molecule has 0 aliphatic heterocycles. The molecule has 1 nitrogen and oxygen atoms in total. The van der Waals surface area contributed by atoms with Crippen LogP contribution in [-0.2, 0) is 0 Å². The molecule has 150 valence electrons. The van der Waals surface area contributed by atoms with Crippen molar-refractivity contribution >= 4 is 0 Å². The Kier molecular flexibility index (Phi) is 6.41. The van der Waals surface area contributed by atoms with Gasteiger partial charge < -0.3 is 0 Å². The van der Waals surface area contributed by atoms with E-state index >= 15 is 0 Å². The Labute approximate surface area is 180 Å². The summed E-state index contributed by atoms with van der Waals surface area (Å²) in [5, 5.41) is 0. The lowest BCUT2D eigenvalue weighted by Crippen LogP contribution is -2.34. The molecule has 4 rings (SSSR count). The second kappa shape index (κ2) is 9.56.